The van der Waals surface area contributed by atoms with Crippen molar-refractivity contribution in [2.75, 3.05) is 0 Å². The van der Waals surface area contributed by atoms with Gasteiger partial charge in [0.05, 0.1) is 5.69 Å². The first-order chi connectivity index (χ1) is 9.47. The van der Waals surface area contributed by atoms with Gasteiger partial charge in [-0.05, 0) is 39.0 Å². The molecule has 0 unspecified atom stereocenters. The second-order valence-corrected chi connectivity index (χ2v) is 4.97. The van der Waals surface area contributed by atoms with Crippen LogP contribution in [0, 0.1) is 6.92 Å². The summed E-state index contributed by atoms with van der Waals surface area (Å²) in [6.07, 6.45) is 1.89. The molecule has 106 valence electrons. The van der Waals surface area contributed by atoms with Gasteiger partial charge in [0.15, 0.2) is 0 Å². The van der Waals surface area contributed by atoms with E-state index in [0.29, 0.717) is 5.75 Å². The Labute approximate surface area is 117 Å². The van der Waals surface area contributed by atoms with Crippen LogP contribution in [0.2, 0.25) is 0 Å². The van der Waals surface area contributed by atoms with Gasteiger partial charge in [0.1, 0.15) is 17.9 Å². The molecule has 5 nitrogen and oxygen atoms in total. The van der Waals surface area contributed by atoms with Gasteiger partial charge >= 0.3 is 5.97 Å². The first-order valence-corrected chi connectivity index (χ1v) is 6.48. The third-order valence-corrected chi connectivity index (χ3v) is 2.93. The number of carboxylic acids is 1. The van der Waals surface area contributed by atoms with Gasteiger partial charge in [0, 0.05) is 12.2 Å². The summed E-state index contributed by atoms with van der Waals surface area (Å²) in [6.45, 7) is 6.18. The highest BCUT2D eigenvalue weighted by Crippen LogP contribution is 2.21. The minimum atomic E-state index is -0.989. The van der Waals surface area contributed by atoms with Crippen LogP contribution in [-0.4, -0.2) is 20.9 Å². The van der Waals surface area contributed by atoms with Gasteiger partial charge in [-0.2, -0.15) is 5.10 Å². The molecule has 20 heavy (non-hydrogen) atoms. The second kappa shape index (κ2) is 5.77. The standard InChI is InChI=1S/C15H18N2O3/c1-10(2)17-7-6-12(16-17)9-20-14-5-4-11(3)8-13(14)15(18)19/h4-8,10H,9H2,1-3H3,(H,18,19). The third kappa shape index (κ3) is 3.17. The van der Waals surface area contributed by atoms with Crippen molar-refractivity contribution < 1.29 is 14.6 Å². The maximum atomic E-state index is 11.2. The molecule has 0 saturated carbocycles. The van der Waals surface area contributed by atoms with E-state index >= 15 is 0 Å². The Morgan fingerprint density at radius 2 is 2.15 bits per heavy atom. The first kappa shape index (κ1) is 14.1. The van der Waals surface area contributed by atoms with E-state index in [1.165, 1.54) is 0 Å². The normalized spacial score (nSPS) is 10.8. The summed E-state index contributed by atoms with van der Waals surface area (Å²) in [5.74, 6) is -0.626. The van der Waals surface area contributed by atoms with Crippen molar-refractivity contribution >= 4 is 5.97 Å². The fourth-order valence-corrected chi connectivity index (χ4v) is 1.83. The molecule has 0 aliphatic heterocycles. The Balaban J connectivity index is 2.12. The number of carboxylic acid groups (broad SMARTS) is 1. The summed E-state index contributed by atoms with van der Waals surface area (Å²) >= 11 is 0. The van der Waals surface area contributed by atoms with Gasteiger partial charge in [-0.15, -0.1) is 0 Å². The zero-order valence-corrected chi connectivity index (χ0v) is 11.8. The summed E-state index contributed by atoms with van der Waals surface area (Å²) < 4.78 is 7.42. The molecule has 0 bridgehead atoms. The molecule has 0 aliphatic rings. The summed E-state index contributed by atoms with van der Waals surface area (Å²) in [5, 5.41) is 13.5. The highest BCUT2D eigenvalue weighted by Gasteiger charge is 2.12. The van der Waals surface area contributed by atoms with Gasteiger partial charge in [-0.1, -0.05) is 11.6 Å². The molecule has 0 radical (unpaired) electrons. The maximum Gasteiger partial charge on any atom is 0.339 e. The monoisotopic (exact) mass is 274 g/mol. The third-order valence-electron chi connectivity index (χ3n) is 2.93. The number of hydrogen-bond acceptors (Lipinski definition) is 3. The van der Waals surface area contributed by atoms with Gasteiger partial charge in [0.2, 0.25) is 0 Å². The van der Waals surface area contributed by atoms with E-state index in [4.69, 9.17) is 9.84 Å². The lowest BCUT2D eigenvalue weighted by molar-refractivity contribution is 0.0691. The number of aryl methyl sites for hydroxylation is 1. The van der Waals surface area contributed by atoms with Crippen LogP contribution in [0.3, 0.4) is 0 Å². The predicted molar refractivity (Wildman–Crippen MR) is 75.1 cm³/mol. The summed E-state index contributed by atoms with van der Waals surface area (Å²) in [5.41, 5.74) is 1.84. The minimum absolute atomic E-state index is 0.174. The molecule has 1 N–H and O–H groups in total. The molecule has 0 aliphatic carbocycles. The topological polar surface area (TPSA) is 64.4 Å². The number of aromatic nitrogens is 2. The summed E-state index contributed by atoms with van der Waals surface area (Å²) in [7, 11) is 0. The number of benzene rings is 1. The largest absolute Gasteiger partial charge is 0.486 e. The Bertz CT molecular complexity index is 617. The van der Waals surface area contributed by atoms with E-state index in [-0.39, 0.29) is 18.2 Å². The molecule has 2 aromatic rings. The van der Waals surface area contributed by atoms with Crippen molar-refractivity contribution in [3.05, 3.63) is 47.3 Å². The Hall–Kier alpha value is -2.30. The lowest BCUT2D eigenvalue weighted by Gasteiger charge is -2.09. The number of nitrogens with zero attached hydrogens (tertiary/aromatic N) is 2. The van der Waals surface area contributed by atoms with Gasteiger partial charge in [-0.3, -0.25) is 4.68 Å². The van der Waals surface area contributed by atoms with Crippen molar-refractivity contribution in [1.29, 1.82) is 0 Å². The number of ether oxygens (including phenoxy) is 1. The molecule has 5 heteroatoms. The average Bonchev–Trinajstić information content (AvgIpc) is 2.86. The van der Waals surface area contributed by atoms with Crippen LogP contribution in [0.5, 0.6) is 5.75 Å². The lowest BCUT2D eigenvalue weighted by Crippen LogP contribution is -2.06. The molecule has 1 aromatic heterocycles. The quantitative estimate of drug-likeness (QED) is 0.910. The van der Waals surface area contributed by atoms with Crippen LogP contribution in [0.15, 0.2) is 30.5 Å². The van der Waals surface area contributed by atoms with E-state index in [1.54, 1.807) is 12.1 Å². The van der Waals surface area contributed by atoms with Crippen LogP contribution < -0.4 is 4.74 Å². The highest BCUT2D eigenvalue weighted by atomic mass is 16.5. The average molecular weight is 274 g/mol. The fraction of sp³-hybridized carbons (Fsp3) is 0.333. The number of hydrogen-bond donors (Lipinski definition) is 1. The van der Waals surface area contributed by atoms with E-state index in [9.17, 15) is 4.79 Å². The Kier molecular flexibility index (Phi) is 4.08. The van der Waals surface area contributed by atoms with Crippen molar-refractivity contribution in [1.82, 2.24) is 9.78 Å². The van der Waals surface area contributed by atoms with Crippen LogP contribution in [-0.2, 0) is 6.61 Å². The van der Waals surface area contributed by atoms with Crippen LogP contribution >= 0.6 is 0 Å². The van der Waals surface area contributed by atoms with Gasteiger partial charge < -0.3 is 9.84 Å². The lowest BCUT2D eigenvalue weighted by atomic mass is 10.1. The molecule has 0 spiro atoms. The molecule has 0 fully saturated rings. The zero-order valence-electron chi connectivity index (χ0n) is 11.8. The molecular weight excluding hydrogens is 256 g/mol. The van der Waals surface area contributed by atoms with Crippen molar-refractivity contribution in [3.63, 3.8) is 0 Å². The highest BCUT2D eigenvalue weighted by molar-refractivity contribution is 5.91. The Morgan fingerprint density at radius 1 is 1.40 bits per heavy atom. The van der Waals surface area contributed by atoms with Gasteiger partial charge in [0.25, 0.3) is 0 Å². The number of aromatic carboxylic acids is 1. The molecule has 1 heterocycles. The smallest absolute Gasteiger partial charge is 0.339 e. The molecule has 1 aromatic carbocycles. The Morgan fingerprint density at radius 3 is 2.75 bits per heavy atom. The zero-order chi connectivity index (χ0) is 14.7. The van der Waals surface area contributed by atoms with Crippen LogP contribution in [0.25, 0.3) is 0 Å². The predicted octanol–water partition coefficient (Wildman–Crippen LogP) is 3.05. The van der Waals surface area contributed by atoms with E-state index < -0.39 is 5.97 Å². The summed E-state index contributed by atoms with van der Waals surface area (Å²) in [4.78, 5) is 11.2. The molecule has 2 rings (SSSR count). The number of rotatable bonds is 5. The molecule has 0 saturated heterocycles. The van der Waals surface area contributed by atoms with Gasteiger partial charge in [-0.25, -0.2) is 4.79 Å². The van der Waals surface area contributed by atoms with Crippen LogP contribution in [0.4, 0.5) is 0 Å². The van der Waals surface area contributed by atoms with Crippen molar-refractivity contribution in [2.45, 2.75) is 33.4 Å². The van der Waals surface area contributed by atoms with Crippen molar-refractivity contribution in [3.8, 4) is 5.75 Å². The maximum absolute atomic E-state index is 11.2. The number of carbonyl (C=O) groups is 1. The second-order valence-electron chi connectivity index (χ2n) is 4.97. The summed E-state index contributed by atoms with van der Waals surface area (Å²) in [6, 6.07) is 7.27. The van der Waals surface area contributed by atoms with E-state index in [0.717, 1.165) is 11.3 Å². The van der Waals surface area contributed by atoms with E-state index in [2.05, 4.69) is 5.10 Å². The van der Waals surface area contributed by atoms with E-state index in [1.807, 2.05) is 43.8 Å². The molecule has 0 amide bonds. The first-order valence-electron chi connectivity index (χ1n) is 6.48. The van der Waals surface area contributed by atoms with Crippen molar-refractivity contribution in [2.24, 2.45) is 0 Å². The minimum Gasteiger partial charge on any atom is -0.486 e. The SMILES string of the molecule is Cc1ccc(OCc2ccn(C(C)C)n2)c(C(=O)O)c1. The molecular formula is C15H18N2O3. The fourth-order valence-electron chi connectivity index (χ4n) is 1.83. The molecule has 0 atom stereocenters. The van der Waals surface area contributed by atoms with Crippen LogP contribution in [0.1, 0.15) is 41.5 Å².